The van der Waals surface area contributed by atoms with Gasteiger partial charge in [0.05, 0.1) is 6.20 Å². The van der Waals surface area contributed by atoms with E-state index in [2.05, 4.69) is 22.4 Å². The minimum Gasteiger partial charge on any atom is -0.444 e. The van der Waals surface area contributed by atoms with E-state index >= 15 is 0 Å². The summed E-state index contributed by atoms with van der Waals surface area (Å²) >= 11 is 0. The van der Waals surface area contributed by atoms with Crippen molar-refractivity contribution in [2.75, 3.05) is 5.32 Å². The van der Waals surface area contributed by atoms with Crippen LogP contribution in [0, 0.1) is 0 Å². The van der Waals surface area contributed by atoms with Crippen molar-refractivity contribution >= 4 is 11.6 Å². The molecule has 1 N–H and O–H groups in total. The van der Waals surface area contributed by atoms with Crippen LogP contribution < -0.4 is 5.32 Å². The van der Waals surface area contributed by atoms with Crippen molar-refractivity contribution in [1.29, 1.82) is 0 Å². The summed E-state index contributed by atoms with van der Waals surface area (Å²) in [6.45, 7) is 0. The van der Waals surface area contributed by atoms with Gasteiger partial charge >= 0.3 is 0 Å². The van der Waals surface area contributed by atoms with Gasteiger partial charge in [0.25, 0.3) is 5.91 Å². The molecule has 0 radical (unpaired) electrons. The summed E-state index contributed by atoms with van der Waals surface area (Å²) in [6.07, 6.45) is 6.50. The Kier molecular flexibility index (Phi) is 3.42. The van der Waals surface area contributed by atoms with Gasteiger partial charge in [0.1, 0.15) is 0 Å². The van der Waals surface area contributed by atoms with E-state index in [1.54, 1.807) is 18.3 Å². The van der Waals surface area contributed by atoms with E-state index in [4.69, 9.17) is 4.42 Å². The fraction of sp³-hybridized carbons (Fsp3) is 0.158. The number of carbonyl (C=O) groups excluding carboxylic acids is 1. The van der Waals surface area contributed by atoms with Crippen LogP contribution >= 0.6 is 0 Å². The molecule has 0 unspecified atom stereocenters. The van der Waals surface area contributed by atoms with E-state index in [1.165, 1.54) is 23.9 Å². The molecule has 1 amide bonds. The number of rotatable bonds is 3. The van der Waals surface area contributed by atoms with Gasteiger partial charge in [-0.25, -0.2) is 4.98 Å². The van der Waals surface area contributed by atoms with Gasteiger partial charge in [0, 0.05) is 16.8 Å². The molecule has 0 spiro atoms. The largest absolute Gasteiger partial charge is 0.444 e. The third-order valence-electron chi connectivity index (χ3n) is 4.22. The van der Waals surface area contributed by atoms with Crippen molar-refractivity contribution in [2.24, 2.45) is 0 Å². The molecule has 0 saturated carbocycles. The maximum Gasteiger partial charge on any atom is 0.255 e. The minimum absolute atomic E-state index is 0.105. The van der Waals surface area contributed by atoms with E-state index in [9.17, 15) is 4.79 Å². The number of anilines is 1. The highest BCUT2D eigenvalue weighted by atomic mass is 16.3. The van der Waals surface area contributed by atoms with Crippen LogP contribution in [0.3, 0.4) is 0 Å². The molecule has 0 aliphatic heterocycles. The summed E-state index contributed by atoms with van der Waals surface area (Å²) in [5.74, 6) is 0.586. The predicted molar refractivity (Wildman–Crippen MR) is 88.4 cm³/mol. The van der Waals surface area contributed by atoms with Crippen molar-refractivity contribution in [3.05, 3.63) is 71.7 Å². The van der Waals surface area contributed by atoms with E-state index in [0.717, 1.165) is 24.1 Å². The number of oxazole rings is 1. The van der Waals surface area contributed by atoms with Crippen molar-refractivity contribution in [3.8, 4) is 11.3 Å². The van der Waals surface area contributed by atoms with Gasteiger partial charge in [-0.05, 0) is 54.7 Å². The number of nitrogens with zero attached hydrogens (tertiary/aromatic N) is 1. The summed E-state index contributed by atoms with van der Waals surface area (Å²) < 4.78 is 5.25. The molecule has 114 valence electrons. The lowest BCUT2D eigenvalue weighted by Crippen LogP contribution is -2.11. The van der Waals surface area contributed by atoms with Crippen LogP contribution in [-0.2, 0) is 12.8 Å². The maximum atomic E-state index is 12.4. The molecule has 2 aromatic carbocycles. The Morgan fingerprint density at radius 1 is 1.04 bits per heavy atom. The Morgan fingerprint density at radius 3 is 2.65 bits per heavy atom. The van der Waals surface area contributed by atoms with Gasteiger partial charge in [-0.1, -0.05) is 18.2 Å². The van der Waals surface area contributed by atoms with E-state index in [-0.39, 0.29) is 5.91 Å². The average Bonchev–Trinajstić information content (AvgIpc) is 3.26. The normalized spacial score (nSPS) is 12.9. The molecular weight excluding hydrogens is 288 g/mol. The molecule has 0 atom stereocenters. The van der Waals surface area contributed by atoms with Crippen molar-refractivity contribution < 1.29 is 9.21 Å². The number of aryl methyl sites for hydroxylation is 2. The first kappa shape index (κ1) is 13.8. The molecule has 1 aliphatic rings. The average molecular weight is 304 g/mol. The second-order valence-corrected chi connectivity index (χ2v) is 5.73. The number of fused-ring (bicyclic) bond motifs is 1. The molecule has 0 bridgehead atoms. The standard InChI is InChI=1S/C19H16N2O2/c22-19(21-17-9-8-13-2-1-3-16(13)10-17)15-6-4-14(5-7-15)18-11-20-12-23-18/h4-12H,1-3H2,(H,21,22). The van der Waals surface area contributed by atoms with E-state index in [0.29, 0.717) is 11.3 Å². The Bertz CT molecular complexity index is 836. The van der Waals surface area contributed by atoms with Gasteiger partial charge < -0.3 is 9.73 Å². The Hall–Kier alpha value is -2.88. The summed E-state index contributed by atoms with van der Waals surface area (Å²) in [6, 6.07) is 13.5. The zero-order chi connectivity index (χ0) is 15.6. The van der Waals surface area contributed by atoms with Crippen molar-refractivity contribution in [2.45, 2.75) is 19.3 Å². The molecule has 4 rings (SSSR count). The highest BCUT2D eigenvalue weighted by Gasteiger charge is 2.12. The molecule has 1 aliphatic carbocycles. The van der Waals surface area contributed by atoms with Gasteiger partial charge in [-0.3, -0.25) is 4.79 Å². The van der Waals surface area contributed by atoms with Crippen LogP contribution in [0.4, 0.5) is 5.69 Å². The lowest BCUT2D eigenvalue weighted by Gasteiger charge is -2.08. The fourth-order valence-electron chi connectivity index (χ4n) is 3.00. The summed E-state index contributed by atoms with van der Waals surface area (Å²) in [4.78, 5) is 16.3. The number of hydrogen-bond acceptors (Lipinski definition) is 3. The lowest BCUT2D eigenvalue weighted by atomic mass is 10.1. The first-order chi connectivity index (χ1) is 11.3. The zero-order valence-electron chi connectivity index (χ0n) is 12.6. The molecule has 4 nitrogen and oxygen atoms in total. The van der Waals surface area contributed by atoms with E-state index in [1.807, 2.05) is 18.2 Å². The van der Waals surface area contributed by atoms with E-state index < -0.39 is 0 Å². The third-order valence-corrected chi connectivity index (χ3v) is 4.22. The molecule has 4 heteroatoms. The number of amides is 1. The molecule has 23 heavy (non-hydrogen) atoms. The van der Waals surface area contributed by atoms with Crippen LogP contribution in [-0.4, -0.2) is 10.9 Å². The zero-order valence-corrected chi connectivity index (χ0v) is 12.6. The molecule has 1 heterocycles. The predicted octanol–water partition coefficient (Wildman–Crippen LogP) is 4.08. The van der Waals surface area contributed by atoms with Gasteiger partial charge in [0.2, 0.25) is 0 Å². The third kappa shape index (κ3) is 2.75. The second-order valence-electron chi connectivity index (χ2n) is 5.73. The number of hydrogen-bond donors (Lipinski definition) is 1. The summed E-state index contributed by atoms with van der Waals surface area (Å²) in [7, 11) is 0. The quantitative estimate of drug-likeness (QED) is 0.793. The number of carbonyl (C=O) groups is 1. The molecular formula is C19H16N2O2. The highest BCUT2D eigenvalue weighted by molar-refractivity contribution is 6.04. The van der Waals surface area contributed by atoms with Crippen LogP contribution in [0.5, 0.6) is 0 Å². The molecule has 0 fully saturated rings. The first-order valence-electron chi connectivity index (χ1n) is 7.72. The van der Waals surface area contributed by atoms with Crippen molar-refractivity contribution in [3.63, 3.8) is 0 Å². The SMILES string of the molecule is O=C(Nc1ccc2c(c1)CCC2)c1ccc(-c2cnco2)cc1. The summed E-state index contributed by atoms with van der Waals surface area (Å²) in [5.41, 5.74) is 5.13. The van der Waals surface area contributed by atoms with Gasteiger partial charge in [-0.15, -0.1) is 0 Å². The monoisotopic (exact) mass is 304 g/mol. The summed E-state index contributed by atoms with van der Waals surface area (Å²) in [5, 5.41) is 2.97. The van der Waals surface area contributed by atoms with Gasteiger partial charge in [-0.2, -0.15) is 0 Å². The lowest BCUT2D eigenvalue weighted by molar-refractivity contribution is 0.102. The first-order valence-corrected chi connectivity index (χ1v) is 7.72. The highest BCUT2D eigenvalue weighted by Crippen LogP contribution is 2.25. The molecule has 3 aromatic rings. The number of benzene rings is 2. The van der Waals surface area contributed by atoms with Gasteiger partial charge in [0.15, 0.2) is 12.2 Å². The van der Waals surface area contributed by atoms with Crippen LogP contribution in [0.1, 0.15) is 27.9 Å². The molecule has 1 aromatic heterocycles. The molecule has 0 saturated heterocycles. The Balaban J connectivity index is 1.51. The topological polar surface area (TPSA) is 55.1 Å². The second kappa shape index (κ2) is 5.72. The number of aromatic nitrogens is 1. The van der Waals surface area contributed by atoms with Crippen LogP contribution in [0.2, 0.25) is 0 Å². The maximum absolute atomic E-state index is 12.4. The van der Waals surface area contributed by atoms with Crippen LogP contribution in [0.25, 0.3) is 11.3 Å². The Labute approximate surface area is 134 Å². The minimum atomic E-state index is -0.105. The Morgan fingerprint density at radius 2 is 1.87 bits per heavy atom. The fourth-order valence-corrected chi connectivity index (χ4v) is 3.00. The van der Waals surface area contributed by atoms with Crippen molar-refractivity contribution in [1.82, 2.24) is 4.98 Å². The smallest absolute Gasteiger partial charge is 0.255 e. The van der Waals surface area contributed by atoms with Crippen LogP contribution in [0.15, 0.2) is 59.5 Å². The number of nitrogens with one attached hydrogen (secondary N) is 1.